The van der Waals surface area contributed by atoms with Crippen molar-refractivity contribution in [2.75, 3.05) is 48.8 Å². The normalized spacial score (nSPS) is 20.1. The highest BCUT2D eigenvalue weighted by molar-refractivity contribution is 5.61. The van der Waals surface area contributed by atoms with Crippen LogP contribution in [0.1, 0.15) is 35.3 Å². The molecule has 0 spiro atoms. The molecule has 2 N–H and O–H groups in total. The molecule has 0 aromatic heterocycles. The number of quaternary nitrogens is 1. The molecule has 0 saturated carbocycles. The molecular formula is C23H30NO7+. The minimum Gasteiger partial charge on any atom is -0.493 e. The summed E-state index contributed by atoms with van der Waals surface area (Å²) in [6.45, 7) is 1.14. The van der Waals surface area contributed by atoms with Crippen molar-refractivity contribution in [2.24, 2.45) is 0 Å². The van der Waals surface area contributed by atoms with Crippen molar-refractivity contribution in [1.82, 2.24) is 0 Å². The summed E-state index contributed by atoms with van der Waals surface area (Å²) in [4.78, 5) is 1.30. The molecule has 1 unspecified atom stereocenters. The van der Waals surface area contributed by atoms with Crippen LogP contribution in [0.5, 0.6) is 34.5 Å². The number of rotatable bonds is 7. The molecule has 2 heterocycles. The summed E-state index contributed by atoms with van der Waals surface area (Å²) < 4.78 is 33.3. The van der Waals surface area contributed by atoms with Crippen LogP contribution in [0.25, 0.3) is 0 Å². The van der Waals surface area contributed by atoms with Crippen LogP contribution in [-0.4, -0.2) is 53.9 Å². The van der Waals surface area contributed by atoms with E-state index >= 15 is 0 Å². The van der Waals surface area contributed by atoms with Gasteiger partial charge in [-0.15, -0.1) is 0 Å². The van der Waals surface area contributed by atoms with E-state index in [1.807, 2.05) is 6.07 Å². The average Bonchev–Trinajstić information content (AvgIpc) is 3.26. The molecule has 168 valence electrons. The number of hydrogen-bond acceptors (Lipinski definition) is 7. The fourth-order valence-corrected chi connectivity index (χ4v) is 4.59. The van der Waals surface area contributed by atoms with Crippen LogP contribution in [0, 0.1) is 0 Å². The van der Waals surface area contributed by atoms with Gasteiger partial charge in [-0.3, -0.25) is 0 Å². The van der Waals surface area contributed by atoms with E-state index in [0.717, 1.165) is 24.3 Å². The van der Waals surface area contributed by atoms with E-state index in [1.165, 1.54) is 10.5 Å². The zero-order chi connectivity index (χ0) is 22.1. The van der Waals surface area contributed by atoms with Crippen molar-refractivity contribution < 1.29 is 38.4 Å². The molecule has 0 bridgehead atoms. The van der Waals surface area contributed by atoms with Crippen LogP contribution in [-0.2, 0) is 6.42 Å². The highest BCUT2D eigenvalue weighted by Crippen LogP contribution is 2.49. The standard InChI is InChI=1S/C23H29NO7/c1-24-7-6-13-8-19-22(31-12-30-19)23(29-5)20(13)15(24)11-16(25)14-9-17(26-2)21(28-4)18(10-14)27-3/h8-10,15-16,25H,6-7,11-12H2,1-5H3/p+1/t15-,16-/m0/s1. The van der Waals surface area contributed by atoms with Crippen LogP contribution < -0.4 is 33.3 Å². The third-order valence-corrected chi connectivity index (χ3v) is 6.21. The zero-order valence-corrected chi connectivity index (χ0v) is 18.6. The third kappa shape index (κ3) is 3.70. The van der Waals surface area contributed by atoms with Gasteiger partial charge in [0.05, 0.1) is 53.7 Å². The maximum Gasteiger partial charge on any atom is 0.231 e. The second kappa shape index (κ2) is 8.72. The predicted molar refractivity (Wildman–Crippen MR) is 113 cm³/mol. The van der Waals surface area contributed by atoms with E-state index in [9.17, 15) is 5.11 Å². The fraction of sp³-hybridized carbons (Fsp3) is 0.478. The number of ether oxygens (including phenoxy) is 6. The van der Waals surface area contributed by atoms with Crippen LogP contribution >= 0.6 is 0 Å². The van der Waals surface area contributed by atoms with Gasteiger partial charge in [0.1, 0.15) is 6.04 Å². The smallest absolute Gasteiger partial charge is 0.231 e. The molecule has 8 nitrogen and oxygen atoms in total. The van der Waals surface area contributed by atoms with Gasteiger partial charge in [-0.25, -0.2) is 0 Å². The number of aliphatic hydroxyl groups is 1. The summed E-state index contributed by atoms with van der Waals surface area (Å²) in [5.41, 5.74) is 2.95. The van der Waals surface area contributed by atoms with Crippen molar-refractivity contribution in [3.8, 4) is 34.5 Å². The predicted octanol–water partition coefficient (Wildman–Crippen LogP) is 1.69. The van der Waals surface area contributed by atoms with Crippen molar-refractivity contribution in [3.63, 3.8) is 0 Å². The molecule has 2 aliphatic rings. The Kier molecular flexibility index (Phi) is 6.02. The Morgan fingerprint density at radius 3 is 2.29 bits per heavy atom. The number of hydrogen-bond donors (Lipinski definition) is 2. The molecule has 2 aromatic rings. The monoisotopic (exact) mass is 432 g/mol. The Labute approximate surface area is 182 Å². The molecule has 0 aliphatic carbocycles. The number of likely N-dealkylation sites (N-methyl/N-ethyl adjacent to an activating group) is 1. The average molecular weight is 432 g/mol. The Morgan fingerprint density at radius 1 is 1.00 bits per heavy atom. The molecule has 2 aromatic carbocycles. The van der Waals surface area contributed by atoms with Crippen molar-refractivity contribution in [1.29, 1.82) is 0 Å². The van der Waals surface area contributed by atoms with E-state index in [-0.39, 0.29) is 12.8 Å². The Balaban J connectivity index is 1.71. The summed E-state index contributed by atoms with van der Waals surface area (Å²) in [5, 5.41) is 11.2. The largest absolute Gasteiger partial charge is 0.493 e. The van der Waals surface area contributed by atoms with E-state index in [1.54, 1.807) is 40.6 Å². The maximum absolute atomic E-state index is 11.2. The summed E-state index contributed by atoms with van der Waals surface area (Å²) >= 11 is 0. The molecule has 0 fully saturated rings. The number of nitrogens with one attached hydrogen (secondary N) is 1. The third-order valence-electron chi connectivity index (χ3n) is 6.21. The van der Waals surface area contributed by atoms with Crippen LogP contribution in [0.4, 0.5) is 0 Å². The highest BCUT2D eigenvalue weighted by atomic mass is 16.7. The van der Waals surface area contributed by atoms with E-state index < -0.39 is 6.10 Å². The van der Waals surface area contributed by atoms with Crippen LogP contribution in [0.3, 0.4) is 0 Å². The van der Waals surface area contributed by atoms with Gasteiger partial charge < -0.3 is 38.4 Å². The lowest BCUT2D eigenvalue weighted by Gasteiger charge is -2.34. The zero-order valence-electron chi connectivity index (χ0n) is 18.6. The first-order valence-corrected chi connectivity index (χ1v) is 10.3. The first kappa shape index (κ1) is 21.4. The van der Waals surface area contributed by atoms with Crippen molar-refractivity contribution in [2.45, 2.75) is 25.0 Å². The highest BCUT2D eigenvalue weighted by Gasteiger charge is 2.38. The van der Waals surface area contributed by atoms with E-state index in [0.29, 0.717) is 40.7 Å². The molecule has 0 amide bonds. The second-order valence-corrected chi connectivity index (χ2v) is 7.83. The molecule has 0 radical (unpaired) electrons. The number of methoxy groups -OCH3 is 4. The van der Waals surface area contributed by atoms with Crippen LogP contribution in [0.2, 0.25) is 0 Å². The lowest BCUT2D eigenvalue weighted by molar-refractivity contribution is -0.915. The molecule has 31 heavy (non-hydrogen) atoms. The van der Waals surface area contributed by atoms with Gasteiger partial charge in [0.25, 0.3) is 0 Å². The lowest BCUT2D eigenvalue weighted by atomic mass is 9.87. The summed E-state index contributed by atoms with van der Waals surface area (Å²) in [5.74, 6) is 3.60. The van der Waals surface area contributed by atoms with Gasteiger partial charge >= 0.3 is 0 Å². The number of benzene rings is 2. The SMILES string of the molecule is COc1cc([C@@H](O)C[C@H]2c3c(cc4c(c3OC)OCO4)CC[NH+]2C)cc(OC)c1OC. The molecule has 2 aliphatic heterocycles. The fourth-order valence-electron chi connectivity index (χ4n) is 4.59. The van der Waals surface area contributed by atoms with Gasteiger partial charge in [0, 0.05) is 12.8 Å². The summed E-state index contributed by atoms with van der Waals surface area (Å²) in [6.07, 6.45) is 0.660. The Morgan fingerprint density at radius 2 is 1.68 bits per heavy atom. The minimum atomic E-state index is -0.741. The second-order valence-electron chi connectivity index (χ2n) is 7.83. The van der Waals surface area contributed by atoms with Gasteiger partial charge in [-0.2, -0.15) is 0 Å². The first-order valence-electron chi connectivity index (χ1n) is 10.3. The maximum atomic E-state index is 11.2. The van der Waals surface area contributed by atoms with Gasteiger partial charge in [0.15, 0.2) is 23.0 Å². The summed E-state index contributed by atoms with van der Waals surface area (Å²) in [6, 6.07) is 5.65. The summed E-state index contributed by atoms with van der Waals surface area (Å²) in [7, 11) is 8.48. The number of fused-ring (bicyclic) bond motifs is 2. The Bertz CT molecular complexity index is 936. The van der Waals surface area contributed by atoms with Gasteiger partial charge in [-0.05, 0) is 29.3 Å². The molecule has 0 saturated heterocycles. The minimum absolute atomic E-state index is 0.0160. The topological polar surface area (TPSA) is 80.1 Å². The van der Waals surface area contributed by atoms with Crippen molar-refractivity contribution >= 4 is 0 Å². The van der Waals surface area contributed by atoms with E-state index in [4.69, 9.17) is 28.4 Å². The molecular weight excluding hydrogens is 402 g/mol. The molecule has 3 atom stereocenters. The Hall–Kier alpha value is -2.84. The van der Waals surface area contributed by atoms with Gasteiger partial charge in [0.2, 0.25) is 18.3 Å². The van der Waals surface area contributed by atoms with Gasteiger partial charge in [-0.1, -0.05) is 0 Å². The van der Waals surface area contributed by atoms with Crippen molar-refractivity contribution in [3.05, 3.63) is 34.9 Å². The molecule has 4 rings (SSSR count). The molecule has 8 heteroatoms. The lowest BCUT2D eigenvalue weighted by Crippen LogP contribution is -3.10. The first-order chi connectivity index (χ1) is 15.0. The number of aliphatic hydroxyl groups excluding tert-OH is 1. The van der Waals surface area contributed by atoms with Crippen LogP contribution in [0.15, 0.2) is 18.2 Å². The quantitative estimate of drug-likeness (QED) is 0.689. The van der Waals surface area contributed by atoms with E-state index in [2.05, 4.69) is 7.05 Å².